The van der Waals surface area contributed by atoms with Crippen molar-refractivity contribution in [2.45, 2.75) is 32.2 Å². The second kappa shape index (κ2) is 7.55. The lowest BCUT2D eigenvalue weighted by molar-refractivity contribution is 0.246. The molecule has 1 aliphatic rings. The Morgan fingerprint density at radius 1 is 1.17 bits per heavy atom. The van der Waals surface area contributed by atoms with Gasteiger partial charge in [-0.05, 0) is 49.9 Å². The average Bonchev–Trinajstić information content (AvgIpc) is 3.17. The second-order valence-corrected chi connectivity index (χ2v) is 7.46. The van der Waals surface area contributed by atoms with Gasteiger partial charge in [0.1, 0.15) is 11.5 Å². The first kappa shape index (κ1) is 18.2. The first-order valence-electron chi connectivity index (χ1n) is 9.96. The highest BCUT2D eigenvalue weighted by Gasteiger charge is 2.23. The maximum atomic E-state index is 12.6. The smallest absolute Gasteiger partial charge is 0.320 e. The Bertz CT molecular complexity index is 1230. The molecule has 8 nitrogen and oxygen atoms in total. The van der Waals surface area contributed by atoms with Gasteiger partial charge in [-0.25, -0.2) is 9.78 Å². The minimum Gasteiger partial charge on any atom is -0.329 e. The summed E-state index contributed by atoms with van der Waals surface area (Å²) in [5.74, 6) is 0.457. The van der Waals surface area contributed by atoms with Crippen LogP contribution in [-0.2, 0) is 6.42 Å². The molecule has 3 N–H and O–H groups in total. The summed E-state index contributed by atoms with van der Waals surface area (Å²) in [7, 11) is 0. The van der Waals surface area contributed by atoms with Gasteiger partial charge in [0, 0.05) is 41.3 Å². The van der Waals surface area contributed by atoms with Crippen LogP contribution in [0.15, 0.2) is 48.9 Å². The van der Waals surface area contributed by atoms with Gasteiger partial charge in [-0.15, -0.1) is 0 Å². The fourth-order valence-electron chi connectivity index (χ4n) is 3.95. The summed E-state index contributed by atoms with van der Waals surface area (Å²) in [6, 6.07) is 9.30. The van der Waals surface area contributed by atoms with E-state index in [-0.39, 0.29) is 12.1 Å². The van der Waals surface area contributed by atoms with Crippen molar-refractivity contribution >= 4 is 22.8 Å². The number of carbonyl (C=O) groups excluding carboxylic acids is 1. The predicted molar refractivity (Wildman–Crippen MR) is 114 cm³/mol. The van der Waals surface area contributed by atoms with Crippen molar-refractivity contribution in [3.05, 3.63) is 65.9 Å². The summed E-state index contributed by atoms with van der Waals surface area (Å²) in [6.07, 6.45) is 8.15. The Labute approximate surface area is 173 Å². The van der Waals surface area contributed by atoms with Crippen LogP contribution in [0.5, 0.6) is 0 Å². The van der Waals surface area contributed by atoms with Crippen LogP contribution in [-0.4, -0.2) is 31.2 Å². The number of aromatic nitrogens is 5. The minimum absolute atomic E-state index is 0.0904. The topological polar surface area (TPSA) is 108 Å². The Morgan fingerprint density at radius 2 is 2.10 bits per heavy atom. The number of rotatable bonds is 3. The van der Waals surface area contributed by atoms with Gasteiger partial charge in [0.05, 0.1) is 17.3 Å². The highest BCUT2D eigenvalue weighted by molar-refractivity contribution is 5.95. The molecule has 0 fully saturated rings. The molecular weight excluding hydrogens is 378 g/mol. The average molecular weight is 399 g/mol. The van der Waals surface area contributed by atoms with Crippen LogP contribution < -0.4 is 10.6 Å². The molecule has 0 aromatic carbocycles. The van der Waals surface area contributed by atoms with Crippen molar-refractivity contribution in [2.24, 2.45) is 0 Å². The normalized spacial score (nSPS) is 15.6. The number of pyridine rings is 3. The molecule has 4 aromatic rings. The minimum atomic E-state index is -0.296. The molecule has 1 unspecified atom stereocenters. The van der Waals surface area contributed by atoms with E-state index in [0.29, 0.717) is 5.82 Å². The van der Waals surface area contributed by atoms with E-state index in [1.54, 1.807) is 24.7 Å². The monoisotopic (exact) mass is 399 g/mol. The van der Waals surface area contributed by atoms with Crippen LogP contribution in [0.2, 0.25) is 0 Å². The van der Waals surface area contributed by atoms with E-state index in [9.17, 15) is 4.79 Å². The predicted octanol–water partition coefficient (Wildman–Crippen LogP) is 3.92. The van der Waals surface area contributed by atoms with E-state index in [2.05, 4.69) is 41.8 Å². The molecule has 1 aliphatic carbocycles. The van der Waals surface area contributed by atoms with Gasteiger partial charge in [-0.2, -0.15) is 5.10 Å². The molecule has 30 heavy (non-hydrogen) atoms. The molecule has 5 rings (SSSR count). The Hall–Kier alpha value is -3.81. The van der Waals surface area contributed by atoms with Crippen LogP contribution in [0.4, 0.5) is 10.6 Å². The van der Waals surface area contributed by atoms with Crippen molar-refractivity contribution < 1.29 is 4.79 Å². The first-order chi connectivity index (χ1) is 14.7. The lowest BCUT2D eigenvalue weighted by atomic mass is 9.92. The fourth-order valence-corrected chi connectivity index (χ4v) is 3.95. The largest absolute Gasteiger partial charge is 0.329 e. The van der Waals surface area contributed by atoms with E-state index in [4.69, 9.17) is 0 Å². The molecule has 4 heterocycles. The van der Waals surface area contributed by atoms with Gasteiger partial charge < -0.3 is 5.32 Å². The van der Waals surface area contributed by atoms with Gasteiger partial charge in [0.2, 0.25) is 0 Å². The molecule has 150 valence electrons. The first-order valence-corrected chi connectivity index (χ1v) is 9.96. The summed E-state index contributed by atoms with van der Waals surface area (Å²) < 4.78 is 0. The summed E-state index contributed by atoms with van der Waals surface area (Å²) in [6.45, 7) is 1.94. The number of anilines is 1. The lowest BCUT2D eigenvalue weighted by Gasteiger charge is -2.25. The summed E-state index contributed by atoms with van der Waals surface area (Å²) in [5.41, 5.74) is 5.65. The number of amides is 2. The van der Waals surface area contributed by atoms with Gasteiger partial charge in [-0.1, -0.05) is 6.07 Å². The third-order valence-electron chi connectivity index (χ3n) is 5.36. The number of urea groups is 1. The summed E-state index contributed by atoms with van der Waals surface area (Å²) in [5, 5.41) is 14.2. The maximum absolute atomic E-state index is 12.6. The number of nitrogens with one attached hydrogen (secondary N) is 3. The third kappa shape index (κ3) is 3.47. The molecule has 0 saturated carbocycles. The van der Waals surface area contributed by atoms with E-state index >= 15 is 0 Å². The van der Waals surface area contributed by atoms with Crippen molar-refractivity contribution in [1.29, 1.82) is 0 Å². The number of hydrogen-bond donors (Lipinski definition) is 3. The molecule has 0 spiro atoms. The van der Waals surface area contributed by atoms with Crippen molar-refractivity contribution in [3.63, 3.8) is 0 Å². The number of aromatic amines is 1. The zero-order valence-corrected chi connectivity index (χ0v) is 16.5. The zero-order chi connectivity index (χ0) is 20.5. The van der Waals surface area contributed by atoms with Crippen LogP contribution in [0.1, 0.15) is 35.8 Å². The Balaban J connectivity index is 1.33. The molecule has 0 radical (unpaired) electrons. The van der Waals surface area contributed by atoms with E-state index in [0.717, 1.165) is 52.8 Å². The molecule has 0 saturated heterocycles. The summed E-state index contributed by atoms with van der Waals surface area (Å²) in [4.78, 5) is 25.7. The summed E-state index contributed by atoms with van der Waals surface area (Å²) >= 11 is 0. The van der Waals surface area contributed by atoms with Crippen molar-refractivity contribution in [2.75, 3.05) is 5.32 Å². The number of H-pyrrole nitrogens is 1. The second-order valence-electron chi connectivity index (χ2n) is 7.46. The van der Waals surface area contributed by atoms with Crippen LogP contribution in [0, 0.1) is 6.92 Å². The molecule has 8 heteroatoms. The van der Waals surface area contributed by atoms with Crippen LogP contribution in [0.25, 0.3) is 22.2 Å². The van der Waals surface area contributed by atoms with Crippen LogP contribution in [0.3, 0.4) is 0 Å². The molecule has 0 bridgehead atoms. The molecule has 2 amide bonds. The molecule has 4 aromatic heterocycles. The third-order valence-corrected chi connectivity index (χ3v) is 5.36. The number of aryl methyl sites for hydroxylation is 2. The van der Waals surface area contributed by atoms with Gasteiger partial charge in [-0.3, -0.25) is 20.4 Å². The SMILES string of the molecule is Cc1cc(-c2n[nH]c3cc(NC(=O)NC4CCCc5cccnc54)ncc23)ccn1. The van der Waals surface area contributed by atoms with E-state index in [1.165, 1.54) is 5.56 Å². The lowest BCUT2D eigenvalue weighted by Crippen LogP contribution is -2.35. The van der Waals surface area contributed by atoms with Crippen molar-refractivity contribution in [3.8, 4) is 11.3 Å². The highest BCUT2D eigenvalue weighted by Crippen LogP contribution is 2.29. The van der Waals surface area contributed by atoms with Crippen LogP contribution >= 0.6 is 0 Å². The number of carbonyl (C=O) groups is 1. The highest BCUT2D eigenvalue weighted by atomic mass is 16.2. The van der Waals surface area contributed by atoms with Gasteiger partial charge in [0.25, 0.3) is 0 Å². The zero-order valence-electron chi connectivity index (χ0n) is 16.5. The fraction of sp³-hybridized carbons (Fsp3) is 0.227. The van der Waals surface area contributed by atoms with Gasteiger partial charge >= 0.3 is 6.03 Å². The molecule has 1 atom stereocenters. The Morgan fingerprint density at radius 3 is 3.00 bits per heavy atom. The maximum Gasteiger partial charge on any atom is 0.320 e. The van der Waals surface area contributed by atoms with E-state index < -0.39 is 0 Å². The molecule has 0 aliphatic heterocycles. The Kier molecular flexibility index (Phi) is 4.59. The standard InChI is InChI=1S/C22H21N7O/c1-13-10-15(7-9-23-13)20-16-12-25-19(11-18(16)28-29-20)27-22(30)26-17-6-2-4-14-5-3-8-24-21(14)17/h3,5,7-12,17H,2,4,6H2,1H3,(H,28,29)(H2,25,26,27,30). The number of hydrogen-bond acceptors (Lipinski definition) is 5. The number of fused-ring (bicyclic) bond motifs is 2. The quantitative estimate of drug-likeness (QED) is 0.484. The van der Waals surface area contributed by atoms with Crippen molar-refractivity contribution in [1.82, 2.24) is 30.5 Å². The van der Waals surface area contributed by atoms with E-state index in [1.807, 2.05) is 25.1 Å². The van der Waals surface area contributed by atoms with Gasteiger partial charge in [0.15, 0.2) is 0 Å². The number of nitrogens with zero attached hydrogens (tertiary/aromatic N) is 4. The molecular formula is C22H21N7O.